The van der Waals surface area contributed by atoms with Crippen molar-refractivity contribution in [3.63, 3.8) is 0 Å². The summed E-state index contributed by atoms with van der Waals surface area (Å²) in [6, 6.07) is 96.8. The molecule has 0 amide bonds. The molecule has 0 atom stereocenters. The van der Waals surface area contributed by atoms with Gasteiger partial charge in [-0.2, -0.15) is 0 Å². The van der Waals surface area contributed by atoms with Crippen LogP contribution in [0.3, 0.4) is 0 Å². The first kappa shape index (κ1) is 39.2. The molecular weight excluding hydrogens is 831 g/mol. The van der Waals surface area contributed by atoms with Gasteiger partial charge in [0.15, 0.2) is 0 Å². The lowest BCUT2D eigenvalue weighted by atomic mass is 9.80. The van der Waals surface area contributed by atoms with Crippen molar-refractivity contribution < 1.29 is 0 Å². The molecule has 0 unspecified atom stereocenters. The van der Waals surface area contributed by atoms with E-state index in [9.17, 15) is 0 Å². The van der Waals surface area contributed by atoms with Crippen molar-refractivity contribution in [2.75, 3.05) is 4.90 Å². The number of hydrogen-bond acceptors (Lipinski definition) is 1. The van der Waals surface area contributed by atoms with Gasteiger partial charge in [-0.25, -0.2) is 0 Å². The van der Waals surface area contributed by atoms with E-state index in [1.54, 1.807) is 0 Å². The highest BCUT2D eigenvalue weighted by atomic mass is 15.1. The summed E-state index contributed by atoms with van der Waals surface area (Å²) in [5.74, 6) is 0. The van der Waals surface area contributed by atoms with Crippen LogP contribution in [0.15, 0.2) is 261 Å². The van der Waals surface area contributed by atoms with Crippen LogP contribution in [0.2, 0.25) is 0 Å². The summed E-state index contributed by atoms with van der Waals surface area (Å²) in [6.45, 7) is 0. The van der Waals surface area contributed by atoms with Crippen molar-refractivity contribution in [2.24, 2.45) is 0 Å². The number of hydrogen-bond donors (Lipinski definition) is 0. The molecular formula is C68H43N. The normalized spacial score (nSPS) is 11.8. The first-order valence-corrected chi connectivity index (χ1v) is 23.9. The van der Waals surface area contributed by atoms with E-state index in [4.69, 9.17) is 0 Å². The first-order valence-electron chi connectivity index (χ1n) is 23.9. The Labute approximate surface area is 400 Å². The lowest BCUT2D eigenvalue weighted by molar-refractivity contribution is 1.30. The van der Waals surface area contributed by atoms with Crippen LogP contribution < -0.4 is 4.90 Å². The quantitative estimate of drug-likeness (QED) is 0.119. The SMILES string of the molecule is c1ccc(-c2c(N(c3ccccc3)c3ccccc3)c3ccccc3c3cc4c(-c5cc6ccccc6c6ccccc56)c5ccccc5c(-c5cc6ccccc6c6ccccc56)c4cc23)cc1. The van der Waals surface area contributed by atoms with E-state index in [0.717, 1.165) is 17.1 Å². The Balaban J connectivity index is 1.25. The largest absolute Gasteiger partial charge is 0.309 e. The standard InChI is InChI=1S/C68H43N/c1-4-22-44(23-5-1)65-62-43-64-63(42-59(62)55-36-18-21-39-58(55)68(65)69(47-26-6-2-7-27-47)48-28-8-3-9-29-48)66(60-40-45-24-10-12-30-49(45)51-32-14-16-34-53(51)60)56-37-19-20-38-57(56)67(64)61-41-46-25-11-13-31-50(46)52-33-15-17-35-54(52)61/h1-43H. The average molecular weight is 874 g/mol. The van der Waals surface area contributed by atoms with Gasteiger partial charge in [-0.1, -0.05) is 212 Å². The Bertz CT molecular complexity index is 4310. The fourth-order valence-corrected chi connectivity index (χ4v) is 11.6. The fraction of sp³-hybridized carbons (Fsp3) is 0. The molecule has 14 rings (SSSR count). The van der Waals surface area contributed by atoms with Crippen molar-refractivity contribution in [2.45, 2.75) is 0 Å². The molecule has 0 spiro atoms. The lowest BCUT2D eigenvalue weighted by Crippen LogP contribution is -2.12. The molecule has 320 valence electrons. The van der Waals surface area contributed by atoms with Crippen molar-refractivity contribution in [3.05, 3.63) is 261 Å². The van der Waals surface area contributed by atoms with Crippen LogP contribution in [0.1, 0.15) is 0 Å². The molecule has 69 heavy (non-hydrogen) atoms. The smallest absolute Gasteiger partial charge is 0.0624 e. The second-order valence-corrected chi connectivity index (χ2v) is 18.3. The van der Waals surface area contributed by atoms with E-state index in [1.807, 2.05) is 0 Å². The van der Waals surface area contributed by atoms with E-state index in [0.29, 0.717) is 0 Å². The van der Waals surface area contributed by atoms with E-state index in [1.165, 1.54) is 120 Å². The highest BCUT2D eigenvalue weighted by molar-refractivity contribution is 6.33. The topological polar surface area (TPSA) is 3.24 Å². The molecule has 0 bridgehead atoms. The molecule has 0 aliphatic heterocycles. The molecule has 0 heterocycles. The van der Waals surface area contributed by atoms with Gasteiger partial charge in [0.1, 0.15) is 0 Å². The van der Waals surface area contributed by atoms with Crippen molar-refractivity contribution in [1.29, 1.82) is 0 Å². The van der Waals surface area contributed by atoms with Crippen molar-refractivity contribution >= 4 is 103 Å². The summed E-state index contributed by atoms with van der Waals surface area (Å²) in [7, 11) is 0. The number of para-hydroxylation sites is 2. The van der Waals surface area contributed by atoms with Gasteiger partial charge in [0, 0.05) is 22.3 Å². The predicted molar refractivity (Wildman–Crippen MR) is 297 cm³/mol. The van der Waals surface area contributed by atoms with Gasteiger partial charge >= 0.3 is 0 Å². The van der Waals surface area contributed by atoms with Crippen LogP contribution in [-0.4, -0.2) is 0 Å². The van der Waals surface area contributed by atoms with E-state index >= 15 is 0 Å². The van der Waals surface area contributed by atoms with Gasteiger partial charge in [-0.05, 0) is 157 Å². The minimum atomic E-state index is 1.10. The maximum atomic E-state index is 2.57. The number of fused-ring (bicyclic) bond motifs is 11. The molecule has 0 fully saturated rings. The lowest BCUT2D eigenvalue weighted by Gasteiger charge is -2.31. The van der Waals surface area contributed by atoms with E-state index in [-0.39, 0.29) is 0 Å². The molecule has 1 heteroatoms. The zero-order valence-electron chi connectivity index (χ0n) is 37.8. The van der Waals surface area contributed by atoms with Gasteiger partial charge in [-0.15, -0.1) is 0 Å². The number of rotatable bonds is 6. The maximum absolute atomic E-state index is 2.57. The van der Waals surface area contributed by atoms with Gasteiger partial charge in [0.25, 0.3) is 0 Å². The average Bonchev–Trinajstić information content (AvgIpc) is 3.42. The molecule has 14 aromatic rings. The summed E-state index contributed by atoms with van der Waals surface area (Å²) in [6.07, 6.45) is 0. The van der Waals surface area contributed by atoms with Crippen LogP contribution in [0, 0.1) is 0 Å². The molecule has 0 saturated carbocycles. The number of nitrogens with zero attached hydrogens (tertiary/aromatic N) is 1. The summed E-state index contributed by atoms with van der Waals surface area (Å²) in [5, 5.41) is 19.7. The van der Waals surface area contributed by atoms with Crippen LogP contribution in [-0.2, 0) is 0 Å². The van der Waals surface area contributed by atoms with E-state index in [2.05, 4.69) is 266 Å². The predicted octanol–water partition coefficient (Wildman–Crippen LogP) is 19.4. The van der Waals surface area contributed by atoms with Crippen molar-refractivity contribution in [1.82, 2.24) is 0 Å². The first-order chi connectivity index (χ1) is 34.3. The Morgan fingerprint density at radius 2 is 0.536 bits per heavy atom. The highest BCUT2D eigenvalue weighted by Crippen LogP contribution is 2.54. The molecule has 0 aliphatic rings. The summed E-state index contributed by atoms with van der Waals surface area (Å²) in [4.78, 5) is 2.47. The summed E-state index contributed by atoms with van der Waals surface area (Å²) < 4.78 is 0. The molecule has 14 aromatic carbocycles. The molecule has 0 radical (unpaired) electrons. The maximum Gasteiger partial charge on any atom is 0.0624 e. The van der Waals surface area contributed by atoms with Gasteiger partial charge < -0.3 is 4.90 Å². The van der Waals surface area contributed by atoms with Gasteiger partial charge in [-0.3, -0.25) is 0 Å². The van der Waals surface area contributed by atoms with E-state index < -0.39 is 0 Å². The van der Waals surface area contributed by atoms with Gasteiger partial charge in [0.2, 0.25) is 0 Å². The van der Waals surface area contributed by atoms with Crippen LogP contribution >= 0.6 is 0 Å². The Morgan fingerprint density at radius 1 is 0.203 bits per heavy atom. The van der Waals surface area contributed by atoms with Crippen molar-refractivity contribution in [3.8, 4) is 33.4 Å². The summed E-state index contributed by atoms with van der Waals surface area (Å²) >= 11 is 0. The zero-order valence-corrected chi connectivity index (χ0v) is 37.8. The van der Waals surface area contributed by atoms with Gasteiger partial charge in [0.05, 0.1) is 5.69 Å². The minimum Gasteiger partial charge on any atom is -0.309 e. The molecule has 0 aliphatic carbocycles. The van der Waals surface area contributed by atoms with Crippen LogP contribution in [0.25, 0.3) is 120 Å². The monoisotopic (exact) mass is 873 g/mol. The number of benzene rings is 14. The highest BCUT2D eigenvalue weighted by Gasteiger charge is 2.27. The third-order valence-electron chi connectivity index (χ3n) is 14.5. The molecule has 0 aromatic heterocycles. The summed E-state index contributed by atoms with van der Waals surface area (Å²) in [5.41, 5.74) is 10.7. The number of anilines is 3. The van der Waals surface area contributed by atoms with Crippen LogP contribution in [0.5, 0.6) is 0 Å². The third-order valence-corrected chi connectivity index (χ3v) is 14.5. The molecule has 0 saturated heterocycles. The van der Waals surface area contributed by atoms with Crippen LogP contribution in [0.4, 0.5) is 17.1 Å². The second kappa shape index (κ2) is 15.8. The second-order valence-electron chi connectivity index (χ2n) is 18.3. The Morgan fingerprint density at radius 3 is 1.01 bits per heavy atom. The Hall–Kier alpha value is -9.04. The zero-order chi connectivity index (χ0) is 45.4. The third kappa shape index (κ3) is 6.11. The fourth-order valence-electron chi connectivity index (χ4n) is 11.6. The molecule has 0 N–H and O–H groups in total. The Kier molecular flexibility index (Phi) is 8.97. The minimum absolute atomic E-state index is 1.10. The molecule has 1 nitrogen and oxygen atoms in total.